The summed E-state index contributed by atoms with van der Waals surface area (Å²) in [6, 6.07) is 0.730. The topological polar surface area (TPSA) is 41.1 Å². The number of rotatable bonds is 6. The number of anilines is 1. The number of aromatic nitrogens is 2. The van der Waals surface area contributed by atoms with Gasteiger partial charge in [-0.05, 0) is 12.8 Å². The molecule has 1 N–H and O–H groups in total. The van der Waals surface area contributed by atoms with E-state index < -0.39 is 0 Å². The molecule has 1 aliphatic rings. The van der Waals surface area contributed by atoms with Gasteiger partial charge in [-0.2, -0.15) is 0 Å². The van der Waals surface area contributed by atoms with Crippen LogP contribution in [0.15, 0.2) is 17.0 Å². The van der Waals surface area contributed by atoms with Crippen molar-refractivity contribution in [1.82, 2.24) is 14.9 Å². The average molecular weight is 280 g/mol. The number of hydrogen-bond donors (Lipinski definition) is 1. The van der Waals surface area contributed by atoms with E-state index >= 15 is 0 Å². The first kappa shape index (κ1) is 12.1. The highest BCUT2D eigenvalue weighted by molar-refractivity contribution is 7.13. The van der Waals surface area contributed by atoms with Crippen molar-refractivity contribution in [3.05, 3.63) is 27.7 Å². The van der Waals surface area contributed by atoms with Gasteiger partial charge in [-0.25, -0.2) is 9.97 Å². The zero-order valence-electron chi connectivity index (χ0n) is 10.3. The predicted molar refractivity (Wildman–Crippen MR) is 76.0 cm³/mol. The first-order chi connectivity index (χ1) is 8.85. The lowest BCUT2D eigenvalue weighted by molar-refractivity contribution is 0.243. The maximum absolute atomic E-state index is 4.56. The molecule has 18 heavy (non-hydrogen) atoms. The molecule has 0 unspecified atom stereocenters. The van der Waals surface area contributed by atoms with E-state index in [2.05, 4.69) is 25.6 Å². The minimum atomic E-state index is 0.730. The van der Waals surface area contributed by atoms with Gasteiger partial charge in [0.2, 0.25) is 0 Å². The van der Waals surface area contributed by atoms with Gasteiger partial charge in [0, 0.05) is 36.6 Å². The average Bonchev–Trinajstić information content (AvgIpc) is 2.92. The molecule has 2 aromatic heterocycles. The molecule has 2 aromatic rings. The highest BCUT2D eigenvalue weighted by Crippen LogP contribution is 2.30. The predicted octanol–water partition coefficient (Wildman–Crippen LogP) is 2.81. The molecule has 3 rings (SSSR count). The third kappa shape index (κ3) is 2.88. The van der Waals surface area contributed by atoms with E-state index in [1.165, 1.54) is 17.8 Å². The second-order valence-corrected chi connectivity index (χ2v) is 6.29. The van der Waals surface area contributed by atoms with Crippen molar-refractivity contribution in [2.24, 2.45) is 0 Å². The molecule has 0 atom stereocenters. The van der Waals surface area contributed by atoms with Crippen molar-refractivity contribution in [2.75, 3.05) is 12.4 Å². The minimum Gasteiger partial charge on any atom is -0.365 e. The third-order valence-electron chi connectivity index (χ3n) is 3.02. The van der Waals surface area contributed by atoms with Crippen molar-refractivity contribution in [3.63, 3.8) is 0 Å². The van der Waals surface area contributed by atoms with E-state index in [4.69, 9.17) is 0 Å². The molecule has 2 heterocycles. The second-order valence-electron chi connectivity index (χ2n) is 4.46. The summed E-state index contributed by atoms with van der Waals surface area (Å²) in [5.41, 5.74) is 1.16. The van der Waals surface area contributed by atoms with Crippen LogP contribution in [0.1, 0.15) is 23.5 Å². The van der Waals surface area contributed by atoms with Crippen molar-refractivity contribution >= 4 is 27.8 Å². The van der Waals surface area contributed by atoms with E-state index in [0.29, 0.717) is 0 Å². The van der Waals surface area contributed by atoms with E-state index in [1.807, 2.05) is 18.6 Å². The summed E-state index contributed by atoms with van der Waals surface area (Å²) in [7, 11) is 1.91. The largest absolute Gasteiger partial charge is 0.365 e. The maximum Gasteiger partial charge on any atom is 0.182 e. The van der Waals surface area contributed by atoms with Crippen LogP contribution in [-0.4, -0.2) is 28.0 Å². The fraction of sp³-hybridized carbons (Fsp3) is 0.500. The fourth-order valence-electron chi connectivity index (χ4n) is 1.96. The summed E-state index contributed by atoms with van der Waals surface area (Å²) in [6.07, 6.45) is 4.51. The monoisotopic (exact) mass is 280 g/mol. The van der Waals surface area contributed by atoms with Crippen molar-refractivity contribution < 1.29 is 0 Å². The summed E-state index contributed by atoms with van der Waals surface area (Å²) < 4.78 is 0. The Balaban J connectivity index is 1.66. The molecule has 0 saturated heterocycles. The van der Waals surface area contributed by atoms with Gasteiger partial charge in [-0.15, -0.1) is 22.7 Å². The second kappa shape index (κ2) is 5.34. The van der Waals surface area contributed by atoms with Crippen molar-refractivity contribution in [2.45, 2.75) is 32.0 Å². The molecule has 1 aliphatic carbocycles. The normalized spacial score (nSPS) is 15.2. The van der Waals surface area contributed by atoms with Crippen LogP contribution in [0.5, 0.6) is 0 Å². The summed E-state index contributed by atoms with van der Waals surface area (Å²) in [6.45, 7) is 1.89. The Hall–Kier alpha value is -0.980. The first-order valence-electron chi connectivity index (χ1n) is 6.09. The van der Waals surface area contributed by atoms with Gasteiger partial charge >= 0.3 is 0 Å². The van der Waals surface area contributed by atoms with Gasteiger partial charge in [0.05, 0.1) is 12.2 Å². The molecule has 0 aliphatic heterocycles. The van der Waals surface area contributed by atoms with Gasteiger partial charge in [-0.1, -0.05) is 0 Å². The SMILES string of the molecule is CNc1nc(CN(Cc2nccs2)C2CC2)cs1. The molecular weight excluding hydrogens is 264 g/mol. The fourth-order valence-corrected chi connectivity index (χ4v) is 3.26. The molecule has 1 fully saturated rings. The van der Waals surface area contributed by atoms with Crippen LogP contribution in [0, 0.1) is 0 Å². The first-order valence-corrected chi connectivity index (χ1v) is 7.85. The van der Waals surface area contributed by atoms with Crippen LogP contribution in [-0.2, 0) is 13.1 Å². The Labute approximate surface area is 115 Å². The Kier molecular flexibility index (Phi) is 3.58. The van der Waals surface area contributed by atoms with Crippen molar-refractivity contribution in [3.8, 4) is 0 Å². The van der Waals surface area contributed by atoms with Crippen LogP contribution in [0.4, 0.5) is 5.13 Å². The van der Waals surface area contributed by atoms with Gasteiger partial charge in [0.25, 0.3) is 0 Å². The lowest BCUT2D eigenvalue weighted by Crippen LogP contribution is -2.25. The molecule has 0 radical (unpaired) electrons. The summed E-state index contributed by atoms with van der Waals surface area (Å²) in [4.78, 5) is 11.4. The van der Waals surface area contributed by atoms with Crippen LogP contribution >= 0.6 is 22.7 Å². The van der Waals surface area contributed by atoms with Crippen molar-refractivity contribution in [1.29, 1.82) is 0 Å². The molecule has 6 heteroatoms. The molecule has 96 valence electrons. The lowest BCUT2D eigenvalue weighted by Gasteiger charge is -2.19. The van der Waals surface area contributed by atoms with E-state index in [1.54, 1.807) is 22.7 Å². The Morgan fingerprint density at radius 3 is 2.89 bits per heavy atom. The highest BCUT2D eigenvalue weighted by Gasteiger charge is 2.29. The molecule has 1 saturated carbocycles. The zero-order valence-corrected chi connectivity index (χ0v) is 11.9. The Morgan fingerprint density at radius 1 is 1.39 bits per heavy atom. The third-order valence-corrected chi connectivity index (χ3v) is 4.69. The van der Waals surface area contributed by atoms with Gasteiger partial charge in [0.15, 0.2) is 5.13 Å². The number of nitrogens with zero attached hydrogens (tertiary/aromatic N) is 3. The van der Waals surface area contributed by atoms with Crippen LogP contribution in [0.3, 0.4) is 0 Å². The maximum atomic E-state index is 4.56. The smallest absolute Gasteiger partial charge is 0.182 e. The Bertz CT molecular complexity index is 490. The summed E-state index contributed by atoms with van der Waals surface area (Å²) in [5, 5.41) is 9.47. The van der Waals surface area contributed by atoms with Gasteiger partial charge in [-0.3, -0.25) is 4.90 Å². The highest BCUT2D eigenvalue weighted by atomic mass is 32.1. The summed E-state index contributed by atoms with van der Waals surface area (Å²) >= 11 is 3.40. The Morgan fingerprint density at radius 2 is 2.28 bits per heavy atom. The molecule has 0 aromatic carbocycles. The van der Waals surface area contributed by atoms with E-state index in [-0.39, 0.29) is 0 Å². The van der Waals surface area contributed by atoms with Crippen LogP contribution in [0.2, 0.25) is 0 Å². The molecule has 4 nitrogen and oxygen atoms in total. The summed E-state index contributed by atoms with van der Waals surface area (Å²) in [5.74, 6) is 0. The lowest BCUT2D eigenvalue weighted by atomic mass is 10.4. The van der Waals surface area contributed by atoms with Gasteiger partial charge in [0.1, 0.15) is 5.01 Å². The molecule has 0 spiro atoms. The van der Waals surface area contributed by atoms with E-state index in [0.717, 1.165) is 30.0 Å². The zero-order chi connectivity index (χ0) is 12.4. The van der Waals surface area contributed by atoms with E-state index in [9.17, 15) is 0 Å². The number of thiazole rings is 2. The molecule has 0 amide bonds. The minimum absolute atomic E-state index is 0.730. The van der Waals surface area contributed by atoms with Gasteiger partial charge < -0.3 is 5.32 Å². The number of nitrogens with one attached hydrogen (secondary N) is 1. The van der Waals surface area contributed by atoms with Crippen LogP contribution in [0.25, 0.3) is 0 Å². The quantitative estimate of drug-likeness (QED) is 0.883. The number of hydrogen-bond acceptors (Lipinski definition) is 6. The standard InChI is InChI=1S/C12H16N4S2/c1-13-12-15-9(8-18-12)6-16(10-2-3-10)7-11-14-4-5-17-11/h4-5,8,10H,2-3,6-7H2,1H3,(H,13,15). The molecule has 0 bridgehead atoms. The van der Waals surface area contributed by atoms with Crippen LogP contribution < -0.4 is 5.32 Å². The molecular formula is C12H16N4S2.